The van der Waals surface area contributed by atoms with Crippen LogP contribution in [0.2, 0.25) is 5.02 Å². The van der Waals surface area contributed by atoms with Crippen LogP contribution in [0.15, 0.2) is 18.2 Å². The van der Waals surface area contributed by atoms with Gasteiger partial charge in [-0.3, -0.25) is 9.59 Å². The van der Waals surface area contributed by atoms with Crippen LogP contribution in [0.4, 0.5) is 0 Å². The fourth-order valence-electron chi connectivity index (χ4n) is 1.57. The molecule has 0 saturated heterocycles. The van der Waals surface area contributed by atoms with E-state index in [1.807, 2.05) is 6.92 Å². The van der Waals surface area contributed by atoms with E-state index in [9.17, 15) is 9.59 Å². The summed E-state index contributed by atoms with van der Waals surface area (Å²) in [7, 11) is 0. The Morgan fingerprint density at radius 1 is 1.35 bits per heavy atom. The molecule has 1 aromatic rings. The van der Waals surface area contributed by atoms with Crippen molar-refractivity contribution in [2.24, 2.45) is 5.92 Å². The third-order valence-electron chi connectivity index (χ3n) is 2.55. The number of aryl methyl sites for hydroxylation is 1. The molecule has 1 aromatic carbocycles. The Kier molecular flexibility index (Phi) is 4.70. The molecule has 0 aliphatic rings. The van der Waals surface area contributed by atoms with Gasteiger partial charge in [-0.25, -0.2) is 0 Å². The smallest absolute Gasteiger partial charge is 0.303 e. The van der Waals surface area contributed by atoms with Gasteiger partial charge in [-0.2, -0.15) is 0 Å². The molecule has 0 radical (unpaired) electrons. The number of aliphatic carboxylic acids is 1. The molecule has 0 fully saturated rings. The average molecular weight is 255 g/mol. The van der Waals surface area contributed by atoms with Gasteiger partial charge in [-0.05, 0) is 24.5 Å². The number of carboxylic acids is 1. The minimum absolute atomic E-state index is 0.00529. The summed E-state index contributed by atoms with van der Waals surface area (Å²) in [5.74, 6) is -1.12. The Labute approximate surface area is 105 Å². The first-order valence-corrected chi connectivity index (χ1v) is 5.79. The summed E-state index contributed by atoms with van der Waals surface area (Å²) < 4.78 is 0. The van der Waals surface area contributed by atoms with Crippen LogP contribution in [0, 0.1) is 12.8 Å². The zero-order valence-corrected chi connectivity index (χ0v) is 10.6. The summed E-state index contributed by atoms with van der Waals surface area (Å²) in [5.41, 5.74) is 1.46. The number of halogens is 1. The zero-order chi connectivity index (χ0) is 13.0. The van der Waals surface area contributed by atoms with E-state index in [-0.39, 0.29) is 24.5 Å². The maximum Gasteiger partial charge on any atom is 0.303 e. The van der Waals surface area contributed by atoms with E-state index in [0.717, 1.165) is 5.56 Å². The largest absolute Gasteiger partial charge is 0.481 e. The maximum absolute atomic E-state index is 11.8. The highest BCUT2D eigenvalue weighted by atomic mass is 35.5. The van der Waals surface area contributed by atoms with Crippen molar-refractivity contribution in [1.29, 1.82) is 0 Å². The highest BCUT2D eigenvalue weighted by Crippen LogP contribution is 2.19. The van der Waals surface area contributed by atoms with Crippen LogP contribution in [-0.2, 0) is 4.79 Å². The van der Waals surface area contributed by atoms with Crippen molar-refractivity contribution in [3.8, 4) is 0 Å². The SMILES string of the molecule is Cc1ccc(C(=O)C[C@@H](C)CC(=O)O)cc1Cl. The summed E-state index contributed by atoms with van der Waals surface area (Å²) in [6.45, 7) is 3.62. The molecule has 0 spiro atoms. The first-order valence-electron chi connectivity index (χ1n) is 5.41. The lowest BCUT2D eigenvalue weighted by Gasteiger charge is -2.08. The van der Waals surface area contributed by atoms with Crippen molar-refractivity contribution >= 4 is 23.4 Å². The topological polar surface area (TPSA) is 54.4 Å². The summed E-state index contributed by atoms with van der Waals surface area (Å²) in [4.78, 5) is 22.3. The van der Waals surface area contributed by atoms with Crippen molar-refractivity contribution in [2.75, 3.05) is 0 Å². The monoisotopic (exact) mass is 254 g/mol. The van der Waals surface area contributed by atoms with Crippen LogP contribution in [0.5, 0.6) is 0 Å². The Hall–Kier alpha value is -1.35. The molecule has 1 N–H and O–H groups in total. The number of carboxylic acid groups (broad SMARTS) is 1. The van der Waals surface area contributed by atoms with E-state index < -0.39 is 5.97 Å². The molecule has 0 heterocycles. The number of hydrogen-bond donors (Lipinski definition) is 1. The van der Waals surface area contributed by atoms with Crippen LogP contribution in [0.25, 0.3) is 0 Å². The molecule has 4 heteroatoms. The molecule has 0 saturated carbocycles. The quantitative estimate of drug-likeness (QED) is 0.820. The fraction of sp³-hybridized carbons (Fsp3) is 0.385. The second-order valence-electron chi connectivity index (χ2n) is 4.29. The van der Waals surface area contributed by atoms with Crippen LogP contribution in [-0.4, -0.2) is 16.9 Å². The molecular weight excluding hydrogens is 240 g/mol. The van der Waals surface area contributed by atoms with E-state index in [1.54, 1.807) is 25.1 Å². The second-order valence-corrected chi connectivity index (χ2v) is 4.70. The Balaban J connectivity index is 2.70. The van der Waals surface area contributed by atoms with Crippen molar-refractivity contribution in [3.63, 3.8) is 0 Å². The number of carbonyl (C=O) groups is 2. The highest BCUT2D eigenvalue weighted by Gasteiger charge is 2.14. The third-order valence-corrected chi connectivity index (χ3v) is 2.96. The normalized spacial score (nSPS) is 12.2. The number of Topliss-reactive ketones (excluding diaryl/α,β-unsaturated/α-hetero) is 1. The summed E-state index contributed by atoms with van der Waals surface area (Å²) in [6, 6.07) is 5.14. The van der Waals surface area contributed by atoms with Gasteiger partial charge in [0.15, 0.2) is 5.78 Å². The van der Waals surface area contributed by atoms with E-state index >= 15 is 0 Å². The maximum atomic E-state index is 11.8. The summed E-state index contributed by atoms with van der Waals surface area (Å²) in [5, 5.41) is 9.17. The van der Waals surface area contributed by atoms with Gasteiger partial charge in [0.05, 0.1) is 0 Å². The predicted molar refractivity (Wildman–Crippen MR) is 66.6 cm³/mol. The molecule has 0 bridgehead atoms. The van der Waals surface area contributed by atoms with Gasteiger partial charge in [0.2, 0.25) is 0 Å². The van der Waals surface area contributed by atoms with Crippen LogP contribution >= 0.6 is 11.6 Å². The highest BCUT2D eigenvalue weighted by molar-refractivity contribution is 6.31. The lowest BCUT2D eigenvalue weighted by molar-refractivity contribution is -0.137. The molecule has 3 nitrogen and oxygen atoms in total. The standard InChI is InChI=1S/C13H15ClO3/c1-8(6-13(16)17)5-12(15)10-4-3-9(2)11(14)7-10/h3-4,7-8H,5-6H2,1-2H3,(H,16,17)/t8-/m1/s1. The van der Waals surface area contributed by atoms with E-state index in [1.165, 1.54) is 0 Å². The third kappa shape index (κ3) is 4.19. The second kappa shape index (κ2) is 5.82. The zero-order valence-electron chi connectivity index (χ0n) is 9.87. The predicted octanol–water partition coefficient (Wildman–Crippen LogP) is 3.33. The molecule has 17 heavy (non-hydrogen) atoms. The lowest BCUT2D eigenvalue weighted by Crippen LogP contribution is -2.10. The van der Waals surface area contributed by atoms with Gasteiger partial charge in [0.25, 0.3) is 0 Å². The number of hydrogen-bond acceptors (Lipinski definition) is 2. The molecule has 0 aromatic heterocycles. The Bertz CT molecular complexity index is 440. The molecule has 0 unspecified atom stereocenters. The molecule has 0 aliphatic heterocycles. The van der Waals surface area contributed by atoms with Crippen LogP contribution in [0.3, 0.4) is 0 Å². The number of rotatable bonds is 5. The lowest BCUT2D eigenvalue weighted by atomic mass is 9.97. The van der Waals surface area contributed by atoms with E-state index in [2.05, 4.69) is 0 Å². The molecule has 92 valence electrons. The summed E-state index contributed by atoms with van der Waals surface area (Å²) >= 11 is 5.93. The van der Waals surface area contributed by atoms with Gasteiger partial charge >= 0.3 is 5.97 Å². The number of benzene rings is 1. The van der Waals surface area contributed by atoms with E-state index in [0.29, 0.717) is 10.6 Å². The van der Waals surface area contributed by atoms with Crippen molar-refractivity contribution in [1.82, 2.24) is 0 Å². The fourth-order valence-corrected chi connectivity index (χ4v) is 1.75. The van der Waals surface area contributed by atoms with E-state index in [4.69, 9.17) is 16.7 Å². The van der Waals surface area contributed by atoms with Crippen molar-refractivity contribution in [2.45, 2.75) is 26.7 Å². The van der Waals surface area contributed by atoms with Crippen molar-refractivity contribution < 1.29 is 14.7 Å². The molecule has 0 amide bonds. The van der Waals surface area contributed by atoms with Crippen LogP contribution in [0.1, 0.15) is 35.7 Å². The van der Waals surface area contributed by atoms with Gasteiger partial charge in [0, 0.05) is 23.4 Å². The average Bonchev–Trinajstić information content (AvgIpc) is 2.20. The Morgan fingerprint density at radius 2 is 2.00 bits per heavy atom. The minimum atomic E-state index is -0.882. The van der Waals surface area contributed by atoms with Crippen LogP contribution < -0.4 is 0 Å². The molecular formula is C13H15ClO3. The van der Waals surface area contributed by atoms with Gasteiger partial charge in [0.1, 0.15) is 0 Å². The number of carbonyl (C=O) groups excluding carboxylic acids is 1. The molecule has 0 aliphatic carbocycles. The number of ketones is 1. The van der Waals surface area contributed by atoms with Gasteiger partial charge in [-0.15, -0.1) is 0 Å². The molecule has 1 atom stereocenters. The first-order chi connectivity index (χ1) is 7.90. The van der Waals surface area contributed by atoms with Crippen molar-refractivity contribution in [3.05, 3.63) is 34.3 Å². The van der Waals surface area contributed by atoms with Gasteiger partial charge < -0.3 is 5.11 Å². The molecule has 1 rings (SSSR count). The van der Waals surface area contributed by atoms with Gasteiger partial charge in [-0.1, -0.05) is 30.7 Å². The minimum Gasteiger partial charge on any atom is -0.481 e. The first kappa shape index (κ1) is 13.7. The Morgan fingerprint density at radius 3 is 2.53 bits per heavy atom. The summed E-state index contributed by atoms with van der Waals surface area (Å²) in [6.07, 6.45) is 0.233.